The number of fused-ring (bicyclic) bond motifs is 1. The van der Waals surface area contributed by atoms with Crippen molar-refractivity contribution >= 4 is 33.3 Å². The van der Waals surface area contributed by atoms with Crippen LogP contribution in [-0.4, -0.2) is 49.4 Å². The third-order valence-electron chi connectivity index (χ3n) is 5.76. The van der Waals surface area contributed by atoms with Crippen LogP contribution < -0.4 is 38.5 Å². The number of rotatable bonds is 12. The molecular formula is C28H28N2O9S. The molecule has 0 saturated heterocycles. The van der Waals surface area contributed by atoms with Crippen molar-refractivity contribution in [2.75, 3.05) is 45.3 Å². The van der Waals surface area contributed by atoms with E-state index in [2.05, 4.69) is 10.0 Å². The molecule has 40 heavy (non-hydrogen) atoms. The zero-order valence-corrected chi connectivity index (χ0v) is 23.0. The van der Waals surface area contributed by atoms with Crippen molar-refractivity contribution < 1.29 is 41.6 Å². The zero-order chi connectivity index (χ0) is 28.7. The molecule has 3 aromatic carbocycles. The van der Waals surface area contributed by atoms with Crippen LogP contribution in [-0.2, 0) is 10.0 Å². The summed E-state index contributed by atoms with van der Waals surface area (Å²) in [7, 11) is 1.95. The Balaban J connectivity index is 1.49. The van der Waals surface area contributed by atoms with Crippen molar-refractivity contribution in [3.63, 3.8) is 0 Å². The molecule has 0 radical (unpaired) electrons. The van der Waals surface area contributed by atoms with Crippen LogP contribution in [0.5, 0.6) is 34.5 Å². The second-order valence-electron chi connectivity index (χ2n) is 8.22. The lowest BCUT2D eigenvalue weighted by Gasteiger charge is -2.13. The van der Waals surface area contributed by atoms with Crippen LogP contribution in [0.4, 0.5) is 11.4 Å². The van der Waals surface area contributed by atoms with Gasteiger partial charge in [-0.05, 0) is 42.5 Å². The molecule has 3 aromatic rings. The molecule has 0 saturated carbocycles. The Hall–Kier alpha value is -4.84. The second kappa shape index (κ2) is 12.3. The number of sulfonamides is 1. The first-order valence-electron chi connectivity index (χ1n) is 11.8. The molecule has 0 aromatic heterocycles. The number of benzene rings is 3. The third-order valence-corrected chi connectivity index (χ3v) is 6.77. The van der Waals surface area contributed by atoms with Crippen LogP contribution >= 0.6 is 0 Å². The minimum Gasteiger partial charge on any atom is -0.496 e. The Labute approximate surface area is 232 Å². The van der Waals surface area contributed by atoms with Gasteiger partial charge in [-0.3, -0.25) is 9.52 Å². The SMILES string of the molecule is COc1cc(OC)c(C=CS(=O)(=O)Nc2ccc(OC)c(NC=CC(=O)c3ccc4c(c3)OCO4)c2)c(OC)c1. The van der Waals surface area contributed by atoms with Crippen molar-refractivity contribution in [2.24, 2.45) is 0 Å². The summed E-state index contributed by atoms with van der Waals surface area (Å²) in [5.74, 6) is 2.51. The van der Waals surface area contributed by atoms with Gasteiger partial charge in [-0.15, -0.1) is 0 Å². The molecule has 1 aliphatic rings. The number of allylic oxidation sites excluding steroid dienone is 1. The van der Waals surface area contributed by atoms with Crippen molar-refractivity contribution in [2.45, 2.75) is 0 Å². The Morgan fingerprint density at radius 1 is 0.850 bits per heavy atom. The number of anilines is 2. The fraction of sp³-hybridized carbons (Fsp3) is 0.179. The molecule has 0 unspecified atom stereocenters. The summed E-state index contributed by atoms with van der Waals surface area (Å²) >= 11 is 0. The van der Waals surface area contributed by atoms with Gasteiger partial charge in [-0.2, -0.15) is 0 Å². The molecule has 2 N–H and O–H groups in total. The van der Waals surface area contributed by atoms with E-state index in [4.69, 9.17) is 28.4 Å². The van der Waals surface area contributed by atoms with E-state index < -0.39 is 10.0 Å². The van der Waals surface area contributed by atoms with E-state index in [1.807, 2.05) is 0 Å². The highest BCUT2D eigenvalue weighted by Gasteiger charge is 2.16. The average Bonchev–Trinajstić information content (AvgIpc) is 3.43. The molecule has 0 atom stereocenters. The molecule has 0 amide bonds. The lowest BCUT2D eigenvalue weighted by molar-refractivity contribution is 0.104. The van der Waals surface area contributed by atoms with Crippen LogP contribution in [0.25, 0.3) is 6.08 Å². The van der Waals surface area contributed by atoms with Gasteiger partial charge in [-0.25, -0.2) is 8.42 Å². The highest BCUT2D eigenvalue weighted by Crippen LogP contribution is 2.36. The van der Waals surface area contributed by atoms with Gasteiger partial charge >= 0.3 is 0 Å². The number of ketones is 1. The maximum Gasteiger partial charge on any atom is 0.255 e. The number of methoxy groups -OCH3 is 4. The van der Waals surface area contributed by atoms with Crippen molar-refractivity contribution in [1.29, 1.82) is 0 Å². The highest BCUT2D eigenvalue weighted by atomic mass is 32.2. The predicted octanol–water partition coefficient (Wildman–Crippen LogP) is 4.67. The van der Waals surface area contributed by atoms with E-state index in [-0.39, 0.29) is 18.3 Å². The molecule has 1 aliphatic heterocycles. The van der Waals surface area contributed by atoms with Crippen LogP contribution in [0.1, 0.15) is 15.9 Å². The normalized spacial score (nSPS) is 12.4. The number of hydrogen-bond acceptors (Lipinski definition) is 10. The Kier molecular flexibility index (Phi) is 8.70. The Bertz CT molecular complexity index is 1540. The second-order valence-corrected chi connectivity index (χ2v) is 9.79. The largest absolute Gasteiger partial charge is 0.496 e. The van der Waals surface area contributed by atoms with E-state index in [0.29, 0.717) is 51.3 Å². The number of hydrogen-bond donors (Lipinski definition) is 2. The van der Waals surface area contributed by atoms with Gasteiger partial charge in [0.25, 0.3) is 10.0 Å². The molecule has 4 rings (SSSR count). The van der Waals surface area contributed by atoms with Crippen molar-refractivity contribution in [3.05, 3.63) is 77.3 Å². The first kappa shape index (κ1) is 28.2. The Morgan fingerprint density at radius 3 is 2.23 bits per heavy atom. The minimum absolute atomic E-state index is 0.115. The molecular weight excluding hydrogens is 540 g/mol. The van der Waals surface area contributed by atoms with Crippen molar-refractivity contribution in [1.82, 2.24) is 0 Å². The topological polar surface area (TPSA) is 131 Å². The van der Waals surface area contributed by atoms with Crippen LogP contribution in [0.15, 0.2) is 66.2 Å². The molecule has 11 nitrogen and oxygen atoms in total. The maximum absolute atomic E-state index is 12.9. The molecule has 0 fully saturated rings. The quantitative estimate of drug-likeness (QED) is 0.235. The Morgan fingerprint density at radius 2 is 1.55 bits per heavy atom. The minimum atomic E-state index is -3.95. The van der Waals surface area contributed by atoms with Crippen LogP contribution in [0, 0.1) is 0 Å². The van der Waals surface area contributed by atoms with Crippen LogP contribution in [0.3, 0.4) is 0 Å². The number of carbonyl (C=O) groups excluding carboxylic acids is 1. The lowest BCUT2D eigenvalue weighted by atomic mass is 10.1. The maximum atomic E-state index is 12.9. The van der Waals surface area contributed by atoms with Gasteiger partial charge in [-0.1, -0.05) is 0 Å². The molecule has 0 spiro atoms. The summed E-state index contributed by atoms with van der Waals surface area (Å²) in [4.78, 5) is 12.6. The van der Waals surface area contributed by atoms with E-state index in [9.17, 15) is 13.2 Å². The molecule has 0 bridgehead atoms. The first-order chi connectivity index (χ1) is 19.3. The molecule has 12 heteroatoms. The fourth-order valence-corrected chi connectivity index (χ4v) is 4.63. The summed E-state index contributed by atoms with van der Waals surface area (Å²) in [6.07, 6.45) is 4.14. The smallest absolute Gasteiger partial charge is 0.255 e. The standard InChI is InChI=1S/C28H28N2O9S/c1-34-20-15-26(36-3)21(27(16-20)37-4)10-12-40(32,33)30-19-6-8-24(35-2)22(14-19)29-11-9-23(31)18-5-7-25-28(13-18)39-17-38-25/h5-16,29-30H,17H2,1-4H3. The fourth-order valence-electron chi connectivity index (χ4n) is 3.79. The van der Waals surface area contributed by atoms with Gasteiger partial charge in [0.2, 0.25) is 6.79 Å². The third kappa shape index (κ3) is 6.59. The number of nitrogens with one attached hydrogen (secondary N) is 2. The van der Waals surface area contributed by atoms with Gasteiger partial charge in [0.1, 0.15) is 23.0 Å². The number of ether oxygens (including phenoxy) is 6. The average molecular weight is 569 g/mol. The van der Waals surface area contributed by atoms with Gasteiger partial charge in [0.15, 0.2) is 17.3 Å². The lowest BCUT2D eigenvalue weighted by Crippen LogP contribution is -2.09. The van der Waals surface area contributed by atoms with E-state index in [0.717, 1.165) is 5.41 Å². The van der Waals surface area contributed by atoms with E-state index in [1.165, 1.54) is 52.9 Å². The first-order valence-corrected chi connectivity index (χ1v) is 13.4. The summed E-state index contributed by atoms with van der Waals surface area (Å²) < 4.78 is 60.1. The van der Waals surface area contributed by atoms with E-state index >= 15 is 0 Å². The van der Waals surface area contributed by atoms with Gasteiger partial charge in [0.05, 0.1) is 50.8 Å². The number of carbonyl (C=O) groups is 1. The molecule has 0 aliphatic carbocycles. The van der Waals surface area contributed by atoms with Gasteiger partial charge in [0, 0.05) is 30.0 Å². The summed E-state index contributed by atoms with van der Waals surface area (Å²) in [5.41, 5.74) is 1.54. The molecule has 1 heterocycles. The van der Waals surface area contributed by atoms with Crippen molar-refractivity contribution in [3.8, 4) is 34.5 Å². The monoisotopic (exact) mass is 568 g/mol. The van der Waals surface area contributed by atoms with Gasteiger partial charge < -0.3 is 33.7 Å². The molecule has 210 valence electrons. The summed E-state index contributed by atoms with van der Waals surface area (Å²) in [5, 5.41) is 3.96. The van der Waals surface area contributed by atoms with Crippen LogP contribution in [0.2, 0.25) is 0 Å². The highest BCUT2D eigenvalue weighted by molar-refractivity contribution is 7.95. The summed E-state index contributed by atoms with van der Waals surface area (Å²) in [6.45, 7) is 0.115. The zero-order valence-electron chi connectivity index (χ0n) is 22.2. The predicted molar refractivity (Wildman–Crippen MR) is 150 cm³/mol. The van der Waals surface area contributed by atoms with E-state index in [1.54, 1.807) is 42.5 Å². The summed E-state index contributed by atoms with van der Waals surface area (Å²) in [6, 6.07) is 12.8.